The molecule has 1 aliphatic rings. The van der Waals surface area contributed by atoms with Gasteiger partial charge < -0.3 is 25.2 Å². The Morgan fingerprint density at radius 1 is 0.478 bits per heavy atom. The van der Waals surface area contributed by atoms with Crippen molar-refractivity contribution in [3.8, 4) is 44.5 Å². The van der Waals surface area contributed by atoms with E-state index in [1.165, 1.54) is 44.5 Å². The van der Waals surface area contributed by atoms with E-state index < -0.39 is 36.3 Å². The molecule has 11 rings (SSSR count). The predicted molar refractivity (Wildman–Crippen MR) is 268 cm³/mol. The third-order valence-corrected chi connectivity index (χ3v) is 11.8. The van der Waals surface area contributed by atoms with Gasteiger partial charge in [0.15, 0.2) is 11.9 Å². The number of hydrogen-bond donors (Lipinski definition) is 3. The van der Waals surface area contributed by atoms with Crippen molar-refractivity contribution in [3.63, 3.8) is 0 Å². The maximum atomic E-state index is 10.5. The Labute approximate surface area is 409 Å². The van der Waals surface area contributed by atoms with E-state index in [4.69, 9.17) is 35.3 Å². The van der Waals surface area contributed by atoms with Gasteiger partial charge in [0.25, 0.3) is 0 Å². The van der Waals surface area contributed by atoms with E-state index in [9.17, 15) is 9.90 Å². The molecule has 11 heteroatoms. The van der Waals surface area contributed by atoms with Crippen molar-refractivity contribution in [1.29, 1.82) is 0 Å². The number of fused-ring (bicyclic) bond motifs is 6. The summed E-state index contributed by atoms with van der Waals surface area (Å²) in [5.74, 6) is -2.87. The average molecular weight is 960 g/mol. The number of benzene rings is 6. The van der Waals surface area contributed by atoms with Gasteiger partial charge >= 0.3 is 23.0 Å². The van der Waals surface area contributed by atoms with Crippen LogP contribution in [0.2, 0.25) is 0 Å². The van der Waals surface area contributed by atoms with Gasteiger partial charge in [0, 0.05) is 44.3 Å². The van der Waals surface area contributed by atoms with E-state index in [1.807, 2.05) is 24.3 Å². The fourth-order valence-corrected chi connectivity index (χ4v) is 8.70. The van der Waals surface area contributed by atoms with Crippen molar-refractivity contribution in [2.75, 3.05) is 6.61 Å². The van der Waals surface area contributed by atoms with Gasteiger partial charge in [-0.3, -0.25) is 19.9 Å². The van der Waals surface area contributed by atoms with Gasteiger partial charge in [-0.15, -0.1) is 6.61 Å². The molecular weight excluding hydrogens is 912 g/mol. The van der Waals surface area contributed by atoms with Crippen LogP contribution in [0.5, 0.6) is 0 Å². The van der Waals surface area contributed by atoms with E-state index >= 15 is 0 Å². The molecule has 2 unspecified atom stereocenters. The summed E-state index contributed by atoms with van der Waals surface area (Å²) in [5, 5.41) is 41.2. The molecule has 5 heterocycles. The van der Waals surface area contributed by atoms with Crippen molar-refractivity contribution < 1.29 is 47.0 Å². The van der Waals surface area contributed by atoms with Crippen LogP contribution in [0.3, 0.4) is 0 Å². The van der Waals surface area contributed by atoms with Crippen LogP contribution in [0.25, 0.3) is 88.1 Å². The fraction of sp³-hybridized carbons (Fsp3) is 0.121. The third kappa shape index (κ3) is 9.81. The van der Waals surface area contributed by atoms with E-state index in [0.717, 1.165) is 66.4 Å². The summed E-state index contributed by atoms with van der Waals surface area (Å²) in [6.07, 6.45) is -2.95. The molecule has 0 spiro atoms. The van der Waals surface area contributed by atoms with Gasteiger partial charge in [0.1, 0.15) is 0 Å². The van der Waals surface area contributed by atoms with Gasteiger partial charge in [-0.1, -0.05) is 146 Å². The Morgan fingerprint density at radius 3 is 0.957 bits per heavy atom. The molecule has 4 aromatic heterocycles. The third-order valence-electron chi connectivity index (χ3n) is 11.8. The van der Waals surface area contributed by atoms with Crippen molar-refractivity contribution in [1.82, 2.24) is 19.9 Å². The largest absolute Gasteiger partial charge is 1.00 e. The number of carbonyl (C=O) groups excluding carboxylic acids is 1. The number of cyclic esters (lactones) is 1. The minimum atomic E-state index is -1.53. The van der Waals surface area contributed by atoms with Gasteiger partial charge in [-0.25, -0.2) is 4.79 Å². The number of aliphatic hydroxyl groups excluding tert-OH is 3. The molecule has 0 radical (unpaired) electrons. The fourth-order valence-electron chi connectivity index (χ4n) is 8.70. The van der Waals surface area contributed by atoms with Gasteiger partial charge in [-0.2, -0.15) is 0 Å². The van der Waals surface area contributed by atoms with Crippen LogP contribution in [0.1, 0.15) is 22.8 Å². The van der Waals surface area contributed by atoms with E-state index in [-0.39, 0.29) is 17.1 Å². The maximum absolute atomic E-state index is 10.5. The van der Waals surface area contributed by atoms with Crippen LogP contribution in [0.4, 0.5) is 0 Å². The molecule has 69 heavy (non-hydrogen) atoms. The van der Waals surface area contributed by atoms with Crippen molar-refractivity contribution in [3.05, 3.63) is 204 Å². The van der Waals surface area contributed by atoms with Gasteiger partial charge in [0.2, 0.25) is 5.76 Å². The Morgan fingerprint density at radius 2 is 0.739 bits per heavy atom. The maximum Gasteiger partial charge on any atom is 1.00 e. The molecule has 6 aromatic carbocycles. The molecule has 10 nitrogen and oxygen atoms in total. The molecule has 0 fully saturated rings. The van der Waals surface area contributed by atoms with Crippen molar-refractivity contribution in [2.45, 2.75) is 39.9 Å². The molecule has 0 bridgehead atoms. The number of pyridine rings is 4. The summed E-state index contributed by atoms with van der Waals surface area (Å²) in [7, 11) is 0. The molecule has 0 saturated carbocycles. The smallest absolute Gasteiger partial charge is 0.853 e. The molecular formula is C58H47CuN4O6. The van der Waals surface area contributed by atoms with Gasteiger partial charge in [-0.05, 0) is 96.5 Å². The molecule has 3 N–H and O–H groups in total. The van der Waals surface area contributed by atoms with Crippen LogP contribution in [0.15, 0.2) is 181 Å². The molecule has 346 valence electrons. The number of ether oxygens (including phenoxy) is 1. The molecule has 10 aromatic rings. The molecule has 0 saturated heterocycles. The first-order valence-electron chi connectivity index (χ1n) is 22.2. The van der Waals surface area contributed by atoms with Crippen molar-refractivity contribution in [2.24, 2.45) is 0 Å². The van der Waals surface area contributed by atoms with E-state index in [2.05, 4.69) is 178 Å². The molecule has 0 aliphatic carbocycles. The summed E-state index contributed by atoms with van der Waals surface area (Å²) < 4.78 is 4.28. The summed E-state index contributed by atoms with van der Waals surface area (Å²) >= 11 is 0. The molecule has 1 aliphatic heterocycles. The summed E-state index contributed by atoms with van der Waals surface area (Å²) in [4.78, 5) is 30.1. The summed E-state index contributed by atoms with van der Waals surface area (Å²) in [6.45, 7) is 7.30. The zero-order valence-corrected chi connectivity index (χ0v) is 39.1. The number of esters is 1. The summed E-state index contributed by atoms with van der Waals surface area (Å²) in [5.41, 5.74) is 17.5. The Kier molecular flexibility index (Phi) is 14.2. The predicted octanol–water partition coefficient (Wildman–Crippen LogP) is 11.4. The topological polar surface area (TPSA) is 162 Å². The number of aliphatic hydroxyl groups is 3. The Hall–Kier alpha value is -7.79. The van der Waals surface area contributed by atoms with Gasteiger partial charge in [0.05, 0.1) is 28.2 Å². The molecule has 0 amide bonds. The molecule has 2 atom stereocenters. The first-order valence-corrected chi connectivity index (χ1v) is 22.2. The minimum absolute atomic E-state index is 0. The number of aromatic nitrogens is 4. The zero-order chi connectivity index (χ0) is 47.5. The zero-order valence-electron chi connectivity index (χ0n) is 38.2. The van der Waals surface area contributed by atoms with Crippen LogP contribution in [0, 0.1) is 27.7 Å². The van der Waals surface area contributed by atoms with Crippen LogP contribution in [-0.4, -0.2) is 60.0 Å². The van der Waals surface area contributed by atoms with Crippen LogP contribution < -0.4 is 5.11 Å². The quantitative estimate of drug-likeness (QED) is 0.0831. The second-order valence-electron chi connectivity index (χ2n) is 16.7. The average Bonchev–Trinajstić information content (AvgIpc) is 3.63. The number of rotatable bonds is 6. The second kappa shape index (κ2) is 20.6. The first kappa shape index (κ1) is 47.7. The number of hydrogen-bond acceptors (Lipinski definition) is 10. The number of nitrogens with zero attached hydrogens (tertiary/aromatic N) is 4. The number of carbonyl (C=O) groups is 1. The second-order valence-corrected chi connectivity index (χ2v) is 16.7. The number of aryl methyl sites for hydroxylation is 4. The summed E-state index contributed by atoms with van der Waals surface area (Å²) in [6, 6.07) is 59.4. The monoisotopic (exact) mass is 958 g/mol. The van der Waals surface area contributed by atoms with Crippen LogP contribution in [-0.2, 0) is 26.6 Å². The standard InChI is InChI=1S/2C26H20N2.C6H7O6.Cu/c2*1-17-15-23(19-9-5-3-6-10-19)21-13-14-22-24(20-11-7-4-8-12-20)16-18(2)28-26(22)25(21)27-17;7-1-2(8)5-3(9)4(10)6(11)12-5;/h2*3-16H,1-2H3;2,5,8-10H,1H2;/q;;-1;+1. The van der Waals surface area contributed by atoms with Crippen LogP contribution >= 0.6 is 0 Å². The Balaban J connectivity index is 0.000000150. The van der Waals surface area contributed by atoms with Crippen molar-refractivity contribution >= 4 is 49.6 Å². The SMILES string of the molecule is Cc1cc(-c2ccccc2)c2ccc3c(-c4ccccc4)cc(C)nc3c2n1.Cc1cc(-c2ccccc2)c2ccc3c(-c4ccccc4)cc(C)nc3c2n1.O=C1OC(C(O)C[O-])C(O)=C1O.[Cu+]. The minimum Gasteiger partial charge on any atom is -0.853 e. The van der Waals surface area contributed by atoms with E-state index in [0.29, 0.717) is 0 Å². The first-order chi connectivity index (χ1) is 33.0. The normalized spacial score (nSPS) is 13.6. The van der Waals surface area contributed by atoms with E-state index in [1.54, 1.807) is 0 Å². The Bertz CT molecular complexity index is 3100.